The van der Waals surface area contributed by atoms with Crippen LogP contribution in [-0.2, 0) is 0 Å². The highest BCUT2D eigenvalue weighted by Crippen LogP contribution is 2.39. The van der Waals surface area contributed by atoms with Crippen LogP contribution in [0.2, 0.25) is 0 Å². The second kappa shape index (κ2) is 8.23. The van der Waals surface area contributed by atoms with Gasteiger partial charge < -0.3 is 0 Å². The van der Waals surface area contributed by atoms with Crippen LogP contribution in [0, 0.1) is 5.82 Å². The third kappa shape index (κ3) is 3.14. The van der Waals surface area contributed by atoms with Gasteiger partial charge in [0.1, 0.15) is 11.5 Å². The first-order chi connectivity index (χ1) is 20.2. The van der Waals surface area contributed by atoms with Gasteiger partial charge in [-0.15, -0.1) is 0 Å². The molecule has 192 valence electrons. The topological polar surface area (TPSA) is 35.1 Å². The highest BCUT2D eigenvalue weighted by molar-refractivity contribution is 6.22. The van der Waals surface area contributed by atoms with Crippen LogP contribution in [0.4, 0.5) is 4.39 Å². The number of fused-ring (bicyclic) bond motifs is 10. The van der Waals surface area contributed by atoms with Crippen molar-refractivity contribution in [2.45, 2.75) is 0 Å². The SMILES string of the molecule is Fc1ccc(-c2ccc3c(c2)c2c4ccccc4ccc2n3-c2nc3ccccc3c3nc4ccccc4n23)cc1. The molecule has 4 nitrogen and oxygen atoms in total. The number of imidazole rings is 1. The number of hydrogen-bond donors (Lipinski definition) is 0. The first-order valence-electron chi connectivity index (χ1n) is 13.6. The molecule has 0 atom stereocenters. The molecule has 0 amide bonds. The molecule has 0 unspecified atom stereocenters. The largest absolute Gasteiger partial charge is 0.279 e. The van der Waals surface area contributed by atoms with Crippen molar-refractivity contribution in [1.29, 1.82) is 0 Å². The van der Waals surface area contributed by atoms with Gasteiger partial charge in [-0.05, 0) is 76.5 Å². The first kappa shape index (κ1) is 22.3. The average molecular weight is 529 g/mol. The Labute approximate surface area is 233 Å². The van der Waals surface area contributed by atoms with Gasteiger partial charge in [0.05, 0.1) is 27.6 Å². The molecule has 0 bridgehead atoms. The Morgan fingerprint density at radius 3 is 2.10 bits per heavy atom. The van der Waals surface area contributed by atoms with Crippen molar-refractivity contribution in [2.75, 3.05) is 0 Å². The van der Waals surface area contributed by atoms with Crippen LogP contribution >= 0.6 is 0 Å². The molecular formula is C36H21FN4. The van der Waals surface area contributed by atoms with Gasteiger partial charge in [0, 0.05) is 16.2 Å². The Kier molecular flexibility index (Phi) is 4.47. The lowest BCUT2D eigenvalue weighted by Crippen LogP contribution is -2.06. The Bertz CT molecular complexity index is 2490. The summed E-state index contributed by atoms with van der Waals surface area (Å²) in [7, 11) is 0. The standard InChI is InChI=1S/C36H21FN4/c37-25-17-13-22(14-18-25)24-16-19-31-28(21-24)34-26-8-2-1-7-23(26)15-20-33(34)40(31)36-39-29-10-4-3-9-27(29)35-38-30-11-5-6-12-32(30)41(35)36/h1-21H. The van der Waals surface area contributed by atoms with E-state index >= 15 is 0 Å². The minimum absolute atomic E-state index is 0.239. The Hall–Kier alpha value is -5.55. The van der Waals surface area contributed by atoms with Crippen molar-refractivity contribution in [2.24, 2.45) is 0 Å². The van der Waals surface area contributed by atoms with Crippen LogP contribution in [0.3, 0.4) is 0 Å². The minimum Gasteiger partial charge on any atom is -0.279 e. The van der Waals surface area contributed by atoms with Gasteiger partial charge in [0.25, 0.3) is 0 Å². The first-order valence-corrected chi connectivity index (χ1v) is 13.6. The lowest BCUT2D eigenvalue weighted by Gasteiger charge is -2.12. The normalized spacial score (nSPS) is 12.0. The van der Waals surface area contributed by atoms with E-state index in [4.69, 9.17) is 9.97 Å². The van der Waals surface area contributed by atoms with Crippen LogP contribution in [-0.4, -0.2) is 18.9 Å². The van der Waals surface area contributed by atoms with Crippen LogP contribution < -0.4 is 0 Å². The Morgan fingerprint density at radius 1 is 0.512 bits per heavy atom. The molecule has 0 fully saturated rings. The molecule has 9 rings (SSSR count). The Morgan fingerprint density at radius 2 is 1.22 bits per heavy atom. The van der Waals surface area contributed by atoms with E-state index in [1.54, 1.807) is 0 Å². The zero-order valence-electron chi connectivity index (χ0n) is 21.8. The number of para-hydroxylation sites is 3. The predicted molar refractivity (Wildman–Crippen MR) is 165 cm³/mol. The van der Waals surface area contributed by atoms with Crippen molar-refractivity contribution in [3.05, 3.63) is 133 Å². The van der Waals surface area contributed by atoms with Crippen LogP contribution in [0.1, 0.15) is 0 Å². The number of nitrogens with zero attached hydrogens (tertiary/aromatic N) is 4. The Balaban J connectivity index is 1.48. The van der Waals surface area contributed by atoms with Gasteiger partial charge in [0.2, 0.25) is 5.95 Å². The molecule has 6 aromatic carbocycles. The number of aromatic nitrogens is 4. The second-order valence-corrected chi connectivity index (χ2v) is 10.4. The van der Waals surface area contributed by atoms with E-state index in [9.17, 15) is 4.39 Å². The van der Waals surface area contributed by atoms with E-state index in [0.29, 0.717) is 0 Å². The molecule has 41 heavy (non-hydrogen) atoms. The van der Waals surface area contributed by atoms with Crippen molar-refractivity contribution in [3.63, 3.8) is 0 Å². The van der Waals surface area contributed by atoms with Crippen molar-refractivity contribution < 1.29 is 4.39 Å². The summed E-state index contributed by atoms with van der Waals surface area (Å²) in [6.45, 7) is 0. The van der Waals surface area contributed by atoms with E-state index in [0.717, 1.165) is 66.5 Å². The van der Waals surface area contributed by atoms with Gasteiger partial charge in [-0.1, -0.05) is 72.8 Å². The molecule has 0 saturated carbocycles. The number of benzene rings is 6. The van der Waals surface area contributed by atoms with E-state index in [1.807, 2.05) is 42.5 Å². The minimum atomic E-state index is -0.239. The highest BCUT2D eigenvalue weighted by atomic mass is 19.1. The summed E-state index contributed by atoms with van der Waals surface area (Å²) in [4.78, 5) is 10.3. The monoisotopic (exact) mass is 528 g/mol. The number of hydrogen-bond acceptors (Lipinski definition) is 2. The average Bonchev–Trinajstić information content (AvgIpc) is 3.57. The fourth-order valence-corrected chi connectivity index (χ4v) is 6.30. The summed E-state index contributed by atoms with van der Waals surface area (Å²) in [5.74, 6) is 0.550. The zero-order chi connectivity index (χ0) is 27.1. The number of halogens is 1. The maximum absolute atomic E-state index is 13.7. The van der Waals surface area contributed by atoms with Crippen LogP contribution in [0.25, 0.3) is 77.2 Å². The quantitative estimate of drug-likeness (QED) is 0.224. The maximum Gasteiger partial charge on any atom is 0.221 e. The molecule has 0 aliphatic heterocycles. The van der Waals surface area contributed by atoms with E-state index in [-0.39, 0.29) is 5.82 Å². The van der Waals surface area contributed by atoms with Crippen molar-refractivity contribution in [3.8, 4) is 17.1 Å². The molecule has 0 N–H and O–H groups in total. The highest BCUT2D eigenvalue weighted by Gasteiger charge is 2.21. The van der Waals surface area contributed by atoms with Gasteiger partial charge in [-0.3, -0.25) is 8.97 Å². The summed E-state index contributed by atoms with van der Waals surface area (Å²) in [6.07, 6.45) is 0. The van der Waals surface area contributed by atoms with Gasteiger partial charge in [-0.2, -0.15) is 0 Å². The van der Waals surface area contributed by atoms with Gasteiger partial charge >= 0.3 is 0 Å². The summed E-state index contributed by atoms with van der Waals surface area (Å²) >= 11 is 0. The number of rotatable bonds is 2. The molecule has 0 spiro atoms. The molecule has 5 heteroatoms. The van der Waals surface area contributed by atoms with Crippen molar-refractivity contribution in [1.82, 2.24) is 18.9 Å². The molecule has 9 aromatic rings. The fourth-order valence-electron chi connectivity index (χ4n) is 6.30. The van der Waals surface area contributed by atoms with Crippen LogP contribution in [0.15, 0.2) is 127 Å². The van der Waals surface area contributed by atoms with Gasteiger partial charge in [0.15, 0.2) is 0 Å². The lowest BCUT2D eigenvalue weighted by molar-refractivity contribution is 0.628. The summed E-state index contributed by atoms with van der Waals surface area (Å²) in [6, 6.07) is 42.5. The van der Waals surface area contributed by atoms with Crippen molar-refractivity contribution >= 4 is 60.2 Å². The third-order valence-corrected chi connectivity index (χ3v) is 8.16. The van der Waals surface area contributed by atoms with Crippen LogP contribution in [0.5, 0.6) is 0 Å². The molecule has 0 radical (unpaired) electrons. The maximum atomic E-state index is 13.7. The van der Waals surface area contributed by atoms with E-state index in [1.165, 1.54) is 22.9 Å². The van der Waals surface area contributed by atoms with E-state index in [2.05, 4.69) is 81.8 Å². The smallest absolute Gasteiger partial charge is 0.221 e. The molecule has 3 heterocycles. The molecule has 0 aliphatic rings. The zero-order valence-corrected chi connectivity index (χ0v) is 21.8. The summed E-state index contributed by atoms with van der Waals surface area (Å²) in [5, 5.41) is 5.64. The van der Waals surface area contributed by atoms with Gasteiger partial charge in [-0.25, -0.2) is 14.4 Å². The molecule has 0 aliphatic carbocycles. The third-order valence-electron chi connectivity index (χ3n) is 8.16. The van der Waals surface area contributed by atoms with E-state index < -0.39 is 0 Å². The summed E-state index contributed by atoms with van der Waals surface area (Å²) < 4.78 is 18.2. The molecule has 3 aromatic heterocycles. The molecular weight excluding hydrogens is 507 g/mol. The lowest BCUT2D eigenvalue weighted by atomic mass is 10.00. The fraction of sp³-hybridized carbons (Fsp3) is 0. The summed E-state index contributed by atoms with van der Waals surface area (Å²) in [5.41, 5.74) is 7.83. The molecule has 0 saturated heterocycles. The predicted octanol–water partition coefficient (Wildman–Crippen LogP) is 9.09. The second-order valence-electron chi connectivity index (χ2n) is 10.4.